The first-order chi connectivity index (χ1) is 6.66. The summed E-state index contributed by atoms with van der Waals surface area (Å²) in [6.07, 6.45) is -0.864. The summed E-state index contributed by atoms with van der Waals surface area (Å²) in [7, 11) is 0. The Bertz CT molecular complexity index is 377. The molecule has 1 amide bonds. The van der Waals surface area contributed by atoms with Gasteiger partial charge in [0.2, 0.25) is 0 Å². The molecule has 0 aliphatic carbocycles. The van der Waals surface area contributed by atoms with E-state index in [9.17, 15) is 9.90 Å². The first kappa shape index (κ1) is 8.68. The average molecular weight is 195 g/mol. The topological polar surface area (TPSA) is 78.8 Å². The highest BCUT2D eigenvalue weighted by molar-refractivity contribution is 5.69. The summed E-state index contributed by atoms with van der Waals surface area (Å²) in [5, 5.41) is 20.8. The fourth-order valence-electron chi connectivity index (χ4n) is 1.32. The smallest absolute Gasteiger partial charge is 0.407 e. The number of ether oxygens (including phenoxy) is 1. The van der Waals surface area contributed by atoms with Crippen molar-refractivity contribution in [1.29, 1.82) is 0 Å². The lowest BCUT2D eigenvalue weighted by atomic mass is 10.1. The van der Waals surface area contributed by atoms with E-state index in [1.54, 1.807) is 6.07 Å². The van der Waals surface area contributed by atoms with Crippen LogP contribution in [0.25, 0.3) is 0 Å². The molecule has 1 fully saturated rings. The number of carbonyl (C=O) groups is 1. The highest BCUT2D eigenvalue weighted by Crippen LogP contribution is 2.30. The fraction of sp³-hybridized carbons (Fsp3) is 0.222. The lowest BCUT2D eigenvalue weighted by Gasteiger charge is -2.08. The standard InChI is InChI=1S/C9H9NO4/c11-6-2-1-5(3-7(6)12)8-4-10-9(13)14-8/h1-3,8,11-12H,4H2,(H,10,13). The van der Waals surface area contributed by atoms with Crippen molar-refractivity contribution in [3.05, 3.63) is 23.8 Å². The van der Waals surface area contributed by atoms with Crippen molar-refractivity contribution in [3.63, 3.8) is 0 Å². The molecule has 1 atom stereocenters. The highest BCUT2D eigenvalue weighted by atomic mass is 16.6. The van der Waals surface area contributed by atoms with E-state index in [4.69, 9.17) is 9.84 Å². The molecule has 0 radical (unpaired) electrons. The van der Waals surface area contributed by atoms with Gasteiger partial charge in [-0.05, 0) is 17.7 Å². The Balaban J connectivity index is 2.24. The zero-order valence-corrected chi connectivity index (χ0v) is 7.23. The molecule has 1 aromatic rings. The lowest BCUT2D eigenvalue weighted by molar-refractivity contribution is 0.141. The number of cyclic esters (lactones) is 1. The van der Waals surface area contributed by atoms with Gasteiger partial charge in [0.15, 0.2) is 11.5 Å². The van der Waals surface area contributed by atoms with Gasteiger partial charge in [0.1, 0.15) is 6.10 Å². The molecular formula is C9H9NO4. The van der Waals surface area contributed by atoms with Crippen LogP contribution in [0, 0.1) is 0 Å². The Morgan fingerprint density at radius 2 is 2.14 bits per heavy atom. The van der Waals surface area contributed by atoms with Crippen LogP contribution in [0.15, 0.2) is 18.2 Å². The van der Waals surface area contributed by atoms with E-state index < -0.39 is 12.2 Å². The first-order valence-electron chi connectivity index (χ1n) is 4.13. The number of hydrogen-bond acceptors (Lipinski definition) is 4. The van der Waals surface area contributed by atoms with Gasteiger partial charge < -0.3 is 20.3 Å². The van der Waals surface area contributed by atoms with Crippen molar-refractivity contribution in [3.8, 4) is 11.5 Å². The number of carbonyl (C=O) groups excluding carboxylic acids is 1. The summed E-state index contributed by atoms with van der Waals surface area (Å²) in [5.74, 6) is -0.406. The lowest BCUT2D eigenvalue weighted by Crippen LogP contribution is -2.12. The normalized spacial score (nSPS) is 20.3. The molecule has 5 heteroatoms. The second-order valence-corrected chi connectivity index (χ2v) is 3.02. The molecule has 2 rings (SSSR count). The molecule has 3 N–H and O–H groups in total. The van der Waals surface area contributed by atoms with Crippen LogP contribution in [0.2, 0.25) is 0 Å². The Kier molecular flexibility index (Phi) is 1.92. The molecule has 0 spiro atoms. The molecule has 1 aromatic carbocycles. The largest absolute Gasteiger partial charge is 0.504 e. The van der Waals surface area contributed by atoms with Gasteiger partial charge in [-0.2, -0.15) is 0 Å². The first-order valence-corrected chi connectivity index (χ1v) is 4.13. The number of aromatic hydroxyl groups is 2. The van der Waals surface area contributed by atoms with Crippen LogP contribution in [-0.2, 0) is 4.74 Å². The van der Waals surface area contributed by atoms with Crippen molar-refractivity contribution >= 4 is 6.09 Å². The Labute approximate surface area is 79.9 Å². The van der Waals surface area contributed by atoms with E-state index in [0.717, 1.165) is 0 Å². The minimum Gasteiger partial charge on any atom is -0.504 e. The third-order valence-corrected chi connectivity index (χ3v) is 2.05. The predicted molar refractivity (Wildman–Crippen MR) is 47.0 cm³/mol. The zero-order chi connectivity index (χ0) is 10.1. The van der Waals surface area contributed by atoms with Gasteiger partial charge >= 0.3 is 6.09 Å². The van der Waals surface area contributed by atoms with Crippen LogP contribution >= 0.6 is 0 Å². The van der Waals surface area contributed by atoms with E-state index in [1.807, 2.05) is 0 Å². The zero-order valence-electron chi connectivity index (χ0n) is 7.23. The van der Waals surface area contributed by atoms with Gasteiger partial charge in [0, 0.05) is 0 Å². The second-order valence-electron chi connectivity index (χ2n) is 3.02. The van der Waals surface area contributed by atoms with Gasteiger partial charge in [0.25, 0.3) is 0 Å². The molecule has 74 valence electrons. The van der Waals surface area contributed by atoms with Crippen molar-refractivity contribution in [2.75, 3.05) is 6.54 Å². The number of phenols is 2. The number of phenolic OH excluding ortho intramolecular Hbond substituents is 2. The van der Waals surface area contributed by atoms with Crippen molar-refractivity contribution in [1.82, 2.24) is 5.32 Å². The molecule has 0 aromatic heterocycles. The Morgan fingerprint density at radius 3 is 2.71 bits per heavy atom. The Hall–Kier alpha value is -1.91. The second kappa shape index (κ2) is 3.10. The molecule has 1 heterocycles. The summed E-state index contributed by atoms with van der Waals surface area (Å²) < 4.78 is 4.90. The molecule has 0 saturated carbocycles. The number of amides is 1. The molecule has 1 aliphatic heterocycles. The van der Waals surface area contributed by atoms with E-state index in [-0.39, 0.29) is 11.5 Å². The van der Waals surface area contributed by atoms with Crippen LogP contribution in [0.3, 0.4) is 0 Å². The number of rotatable bonds is 1. The Morgan fingerprint density at radius 1 is 1.36 bits per heavy atom. The quantitative estimate of drug-likeness (QED) is 0.581. The monoisotopic (exact) mass is 195 g/mol. The van der Waals surface area contributed by atoms with Crippen LogP contribution in [0.5, 0.6) is 11.5 Å². The van der Waals surface area contributed by atoms with Crippen molar-refractivity contribution in [2.45, 2.75) is 6.10 Å². The van der Waals surface area contributed by atoms with E-state index in [0.29, 0.717) is 12.1 Å². The minimum atomic E-state index is -0.470. The van der Waals surface area contributed by atoms with E-state index >= 15 is 0 Å². The van der Waals surface area contributed by atoms with Gasteiger partial charge in [-0.1, -0.05) is 6.07 Å². The van der Waals surface area contributed by atoms with Gasteiger partial charge in [-0.3, -0.25) is 0 Å². The van der Waals surface area contributed by atoms with Crippen LogP contribution in [0.4, 0.5) is 4.79 Å². The van der Waals surface area contributed by atoms with E-state index in [2.05, 4.69) is 5.32 Å². The van der Waals surface area contributed by atoms with Crippen molar-refractivity contribution < 1.29 is 19.7 Å². The molecule has 1 aliphatic rings. The average Bonchev–Trinajstić information content (AvgIpc) is 2.57. The summed E-state index contributed by atoms with van der Waals surface area (Å²) in [4.78, 5) is 10.7. The molecular weight excluding hydrogens is 186 g/mol. The van der Waals surface area contributed by atoms with Crippen LogP contribution < -0.4 is 5.32 Å². The maximum Gasteiger partial charge on any atom is 0.407 e. The molecule has 1 unspecified atom stereocenters. The SMILES string of the molecule is O=C1NCC(c2ccc(O)c(O)c2)O1. The van der Waals surface area contributed by atoms with Crippen LogP contribution in [0.1, 0.15) is 11.7 Å². The van der Waals surface area contributed by atoms with Gasteiger partial charge in [-0.25, -0.2) is 4.79 Å². The summed E-state index contributed by atoms with van der Waals surface area (Å²) in [5.41, 5.74) is 0.652. The van der Waals surface area contributed by atoms with Gasteiger partial charge in [-0.15, -0.1) is 0 Å². The number of hydrogen-bond donors (Lipinski definition) is 3. The summed E-state index contributed by atoms with van der Waals surface area (Å²) in [6.45, 7) is 0.378. The molecule has 0 bridgehead atoms. The number of alkyl carbamates (subject to hydrolysis) is 1. The third-order valence-electron chi connectivity index (χ3n) is 2.05. The van der Waals surface area contributed by atoms with Crippen LogP contribution in [-0.4, -0.2) is 22.9 Å². The minimum absolute atomic E-state index is 0.189. The number of nitrogens with one attached hydrogen (secondary N) is 1. The predicted octanol–water partition coefficient (Wildman–Crippen LogP) is 0.879. The number of benzene rings is 1. The third kappa shape index (κ3) is 1.44. The maximum atomic E-state index is 10.7. The summed E-state index contributed by atoms with van der Waals surface area (Å²) in [6, 6.07) is 4.33. The molecule has 1 saturated heterocycles. The highest BCUT2D eigenvalue weighted by Gasteiger charge is 2.24. The molecule has 14 heavy (non-hydrogen) atoms. The molecule has 5 nitrogen and oxygen atoms in total. The summed E-state index contributed by atoms with van der Waals surface area (Å²) >= 11 is 0. The van der Waals surface area contributed by atoms with Crippen molar-refractivity contribution in [2.24, 2.45) is 0 Å². The van der Waals surface area contributed by atoms with E-state index in [1.165, 1.54) is 12.1 Å². The van der Waals surface area contributed by atoms with Gasteiger partial charge in [0.05, 0.1) is 6.54 Å². The fourth-order valence-corrected chi connectivity index (χ4v) is 1.32. The maximum absolute atomic E-state index is 10.7.